The number of aromatic nitrogens is 1. The fourth-order valence-corrected chi connectivity index (χ4v) is 2.16. The highest BCUT2D eigenvalue weighted by molar-refractivity contribution is 5.28. The molecule has 0 aliphatic heterocycles. The molecule has 1 atom stereocenters. The number of aryl methyl sites for hydroxylation is 2. The lowest BCUT2D eigenvalue weighted by atomic mass is 10.0. The van der Waals surface area contributed by atoms with Gasteiger partial charge in [-0.2, -0.15) is 0 Å². The summed E-state index contributed by atoms with van der Waals surface area (Å²) in [7, 11) is 0. The second kappa shape index (κ2) is 5.19. The molecule has 2 N–H and O–H groups in total. The Morgan fingerprint density at radius 1 is 1.11 bits per heavy atom. The van der Waals surface area contributed by atoms with E-state index in [0.717, 1.165) is 16.8 Å². The van der Waals surface area contributed by atoms with E-state index in [1.165, 1.54) is 0 Å². The van der Waals surface area contributed by atoms with Crippen molar-refractivity contribution in [2.24, 2.45) is 5.73 Å². The van der Waals surface area contributed by atoms with E-state index in [1.807, 2.05) is 44.2 Å². The van der Waals surface area contributed by atoms with Gasteiger partial charge in [-0.25, -0.2) is 0 Å². The Morgan fingerprint density at radius 2 is 1.83 bits per heavy atom. The van der Waals surface area contributed by atoms with E-state index in [2.05, 4.69) is 0 Å². The normalized spacial score (nSPS) is 12.4. The molecule has 1 aromatic carbocycles. The lowest BCUT2D eigenvalue weighted by Crippen LogP contribution is -2.28. The van der Waals surface area contributed by atoms with Crippen molar-refractivity contribution >= 4 is 0 Å². The van der Waals surface area contributed by atoms with Crippen molar-refractivity contribution < 1.29 is 0 Å². The van der Waals surface area contributed by atoms with Gasteiger partial charge in [0.15, 0.2) is 0 Å². The predicted octanol–water partition coefficient (Wildman–Crippen LogP) is 2.17. The molecule has 2 rings (SSSR count). The molecule has 0 amide bonds. The molecule has 1 aromatic heterocycles. The van der Waals surface area contributed by atoms with E-state index >= 15 is 0 Å². The molecule has 18 heavy (non-hydrogen) atoms. The summed E-state index contributed by atoms with van der Waals surface area (Å²) in [5, 5.41) is 0. The van der Waals surface area contributed by atoms with Crippen LogP contribution in [0, 0.1) is 13.8 Å². The van der Waals surface area contributed by atoms with Gasteiger partial charge in [0.25, 0.3) is 5.56 Å². The van der Waals surface area contributed by atoms with Gasteiger partial charge in [-0.3, -0.25) is 4.79 Å². The predicted molar refractivity (Wildman–Crippen MR) is 73.5 cm³/mol. The fraction of sp³-hybridized carbons (Fsp3) is 0.267. The van der Waals surface area contributed by atoms with Gasteiger partial charge in [0, 0.05) is 24.3 Å². The van der Waals surface area contributed by atoms with Crippen LogP contribution in [0.5, 0.6) is 0 Å². The number of hydrogen-bond acceptors (Lipinski definition) is 2. The average molecular weight is 242 g/mol. The second-order valence-electron chi connectivity index (χ2n) is 4.58. The standard InChI is InChI=1S/C15H18N2O/c1-11-6-3-4-8-13(11)14(16)10-17-12(2)7-5-9-15(17)18/h3-9,14H,10,16H2,1-2H3. The molecular formula is C15H18N2O. The molecule has 1 heterocycles. The van der Waals surface area contributed by atoms with Crippen LogP contribution in [0.15, 0.2) is 47.3 Å². The largest absolute Gasteiger partial charge is 0.322 e. The molecule has 0 bridgehead atoms. The van der Waals surface area contributed by atoms with Crippen LogP contribution in [0.25, 0.3) is 0 Å². The van der Waals surface area contributed by atoms with Gasteiger partial charge < -0.3 is 10.3 Å². The minimum absolute atomic E-state index is 0.000894. The highest BCUT2D eigenvalue weighted by atomic mass is 16.1. The van der Waals surface area contributed by atoms with Gasteiger partial charge in [0.2, 0.25) is 0 Å². The summed E-state index contributed by atoms with van der Waals surface area (Å²) in [6, 6.07) is 13.1. The third-order valence-electron chi connectivity index (χ3n) is 3.24. The van der Waals surface area contributed by atoms with Gasteiger partial charge >= 0.3 is 0 Å². The zero-order valence-corrected chi connectivity index (χ0v) is 10.8. The average Bonchev–Trinajstić information content (AvgIpc) is 2.34. The van der Waals surface area contributed by atoms with Crippen LogP contribution in [0.4, 0.5) is 0 Å². The van der Waals surface area contributed by atoms with E-state index in [-0.39, 0.29) is 11.6 Å². The highest BCUT2D eigenvalue weighted by Gasteiger charge is 2.10. The van der Waals surface area contributed by atoms with E-state index in [4.69, 9.17) is 5.73 Å². The topological polar surface area (TPSA) is 48.0 Å². The molecule has 0 aliphatic carbocycles. The van der Waals surface area contributed by atoms with Crippen LogP contribution >= 0.6 is 0 Å². The molecule has 0 saturated carbocycles. The van der Waals surface area contributed by atoms with Crippen molar-refractivity contribution in [3.63, 3.8) is 0 Å². The van der Waals surface area contributed by atoms with Crippen LogP contribution in [0.2, 0.25) is 0 Å². The quantitative estimate of drug-likeness (QED) is 0.896. The van der Waals surface area contributed by atoms with Gasteiger partial charge in [0.1, 0.15) is 0 Å². The summed E-state index contributed by atoms with van der Waals surface area (Å²) < 4.78 is 1.72. The maximum atomic E-state index is 11.8. The Morgan fingerprint density at radius 3 is 2.50 bits per heavy atom. The third kappa shape index (κ3) is 2.51. The first-order valence-electron chi connectivity index (χ1n) is 6.07. The second-order valence-corrected chi connectivity index (χ2v) is 4.58. The van der Waals surface area contributed by atoms with E-state index < -0.39 is 0 Å². The van der Waals surface area contributed by atoms with Crippen LogP contribution < -0.4 is 11.3 Å². The van der Waals surface area contributed by atoms with Crippen LogP contribution in [-0.2, 0) is 6.54 Å². The van der Waals surface area contributed by atoms with Crippen molar-refractivity contribution in [2.75, 3.05) is 0 Å². The monoisotopic (exact) mass is 242 g/mol. The number of benzene rings is 1. The first-order valence-corrected chi connectivity index (χ1v) is 6.07. The Balaban J connectivity index is 2.30. The SMILES string of the molecule is Cc1ccccc1C(N)Cn1c(C)cccc1=O. The Hall–Kier alpha value is -1.87. The zero-order valence-electron chi connectivity index (χ0n) is 10.8. The smallest absolute Gasteiger partial charge is 0.250 e. The van der Waals surface area contributed by atoms with Crippen molar-refractivity contribution in [1.29, 1.82) is 0 Å². The van der Waals surface area contributed by atoms with E-state index in [9.17, 15) is 4.79 Å². The van der Waals surface area contributed by atoms with Crippen LogP contribution in [-0.4, -0.2) is 4.57 Å². The van der Waals surface area contributed by atoms with Gasteiger partial charge in [-0.15, -0.1) is 0 Å². The van der Waals surface area contributed by atoms with Crippen molar-refractivity contribution in [1.82, 2.24) is 4.57 Å². The molecule has 0 radical (unpaired) electrons. The number of pyridine rings is 1. The molecule has 1 unspecified atom stereocenters. The van der Waals surface area contributed by atoms with Gasteiger partial charge in [-0.05, 0) is 31.0 Å². The summed E-state index contributed by atoms with van der Waals surface area (Å²) in [5.74, 6) is 0. The highest BCUT2D eigenvalue weighted by Crippen LogP contribution is 2.16. The Labute approximate surface area is 107 Å². The molecule has 94 valence electrons. The number of hydrogen-bond donors (Lipinski definition) is 1. The molecular weight excluding hydrogens is 224 g/mol. The fourth-order valence-electron chi connectivity index (χ4n) is 2.16. The maximum absolute atomic E-state index is 11.8. The van der Waals surface area contributed by atoms with Crippen LogP contribution in [0.1, 0.15) is 22.9 Å². The summed E-state index contributed by atoms with van der Waals surface area (Å²) in [5.41, 5.74) is 9.39. The molecule has 3 heteroatoms. The molecule has 0 spiro atoms. The molecule has 0 saturated heterocycles. The number of rotatable bonds is 3. The zero-order chi connectivity index (χ0) is 13.1. The summed E-state index contributed by atoms with van der Waals surface area (Å²) in [4.78, 5) is 11.8. The van der Waals surface area contributed by atoms with Crippen molar-refractivity contribution in [3.05, 3.63) is 69.6 Å². The van der Waals surface area contributed by atoms with Crippen molar-refractivity contribution in [3.8, 4) is 0 Å². The van der Waals surface area contributed by atoms with Gasteiger partial charge in [-0.1, -0.05) is 30.3 Å². The summed E-state index contributed by atoms with van der Waals surface area (Å²) in [6.45, 7) is 4.47. The minimum atomic E-state index is -0.162. The first kappa shape index (κ1) is 12.6. The molecule has 3 nitrogen and oxygen atoms in total. The minimum Gasteiger partial charge on any atom is -0.322 e. The first-order chi connectivity index (χ1) is 8.59. The van der Waals surface area contributed by atoms with Crippen molar-refractivity contribution in [2.45, 2.75) is 26.4 Å². The van der Waals surface area contributed by atoms with Gasteiger partial charge in [0.05, 0.1) is 0 Å². The molecule has 0 fully saturated rings. The van der Waals surface area contributed by atoms with E-state index in [1.54, 1.807) is 16.7 Å². The van der Waals surface area contributed by atoms with E-state index in [0.29, 0.717) is 6.54 Å². The number of nitrogens with two attached hydrogens (primary N) is 1. The molecule has 2 aromatic rings. The molecule has 0 aliphatic rings. The Bertz CT molecular complexity index is 601. The lowest BCUT2D eigenvalue weighted by molar-refractivity contribution is 0.548. The Kier molecular flexibility index (Phi) is 3.63. The maximum Gasteiger partial charge on any atom is 0.250 e. The summed E-state index contributed by atoms with van der Waals surface area (Å²) in [6.07, 6.45) is 0. The van der Waals surface area contributed by atoms with Crippen LogP contribution in [0.3, 0.4) is 0 Å². The third-order valence-corrected chi connectivity index (χ3v) is 3.24. The lowest BCUT2D eigenvalue weighted by Gasteiger charge is -2.17. The summed E-state index contributed by atoms with van der Waals surface area (Å²) >= 11 is 0. The number of nitrogens with zero attached hydrogens (tertiary/aromatic N) is 1.